The largest absolute Gasteiger partial charge is 0.352 e. The smallest absolute Gasteiger partial charge is 0.264 e. The third-order valence-electron chi connectivity index (χ3n) is 8.73. The summed E-state index contributed by atoms with van der Waals surface area (Å²) >= 11 is 6.07. The fraction of sp³-hybridized carbons (Fsp3) is 0.297. The molecular formula is C37H39ClFN3O4S. The highest BCUT2D eigenvalue weighted by Crippen LogP contribution is 2.28. The Hall–Kier alpha value is -4.21. The fourth-order valence-corrected chi connectivity index (χ4v) is 7.41. The van der Waals surface area contributed by atoms with Crippen molar-refractivity contribution in [3.63, 3.8) is 0 Å². The van der Waals surface area contributed by atoms with Crippen molar-refractivity contribution < 1.29 is 22.4 Å². The molecule has 0 aliphatic heterocycles. The van der Waals surface area contributed by atoms with Gasteiger partial charge in [0.25, 0.3) is 10.0 Å². The summed E-state index contributed by atoms with van der Waals surface area (Å²) < 4.78 is 44.6. The van der Waals surface area contributed by atoms with Crippen LogP contribution in [0.25, 0.3) is 0 Å². The number of benzene rings is 4. The van der Waals surface area contributed by atoms with Gasteiger partial charge in [0, 0.05) is 29.6 Å². The normalized spacial score (nSPS) is 14.0. The van der Waals surface area contributed by atoms with E-state index in [4.69, 9.17) is 11.6 Å². The number of carbonyl (C=O) groups excluding carboxylic acids is 2. The minimum atomic E-state index is -4.28. The van der Waals surface area contributed by atoms with Crippen molar-refractivity contribution >= 4 is 39.1 Å². The number of nitrogens with one attached hydrogen (secondary N) is 1. The van der Waals surface area contributed by atoms with Gasteiger partial charge in [-0.2, -0.15) is 0 Å². The van der Waals surface area contributed by atoms with Crippen LogP contribution in [-0.2, 0) is 32.6 Å². The molecule has 10 heteroatoms. The van der Waals surface area contributed by atoms with E-state index in [2.05, 4.69) is 5.32 Å². The molecule has 5 rings (SSSR count). The van der Waals surface area contributed by atoms with E-state index >= 15 is 4.39 Å². The van der Waals surface area contributed by atoms with Crippen LogP contribution in [0.3, 0.4) is 0 Å². The zero-order chi connectivity index (χ0) is 33.6. The van der Waals surface area contributed by atoms with Gasteiger partial charge in [0.1, 0.15) is 18.4 Å². The number of rotatable bonds is 12. The van der Waals surface area contributed by atoms with Crippen LogP contribution in [-0.4, -0.2) is 43.8 Å². The predicted molar refractivity (Wildman–Crippen MR) is 183 cm³/mol. The lowest BCUT2D eigenvalue weighted by atomic mass is 10.0. The average Bonchev–Trinajstić information content (AvgIpc) is 3.57. The second-order valence-corrected chi connectivity index (χ2v) is 14.3. The number of hydrogen-bond acceptors (Lipinski definition) is 4. The van der Waals surface area contributed by atoms with Crippen LogP contribution >= 0.6 is 11.6 Å². The Labute approximate surface area is 281 Å². The van der Waals surface area contributed by atoms with E-state index in [1.165, 1.54) is 35.2 Å². The Morgan fingerprint density at radius 1 is 0.894 bits per heavy atom. The Bertz CT molecular complexity index is 1810. The summed E-state index contributed by atoms with van der Waals surface area (Å²) in [4.78, 5) is 29.9. The quantitative estimate of drug-likeness (QED) is 0.175. The lowest BCUT2D eigenvalue weighted by molar-refractivity contribution is -0.140. The lowest BCUT2D eigenvalue weighted by Crippen LogP contribution is -2.54. The van der Waals surface area contributed by atoms with Gasteiger partial charge in [0.15, 0.2) is 0 Å². The molecule has 1 aliphatic rings. The summed E-state index contributed by atoms with van der Waals surface area (Å²) in [7, 11) is -4.28. The molecule has 4 aromatic carbocycles. The molecule has 0 bridgehead atoms. The Kier molecular flexibility index (Phi) is 11.0. The van der Waals surface area contributed by atoms with Crippen LogP contribution in [0.5, 0.6) is 0 Å². The number of hydrogen-bond donors (Lipinski definition) is 1. The number of sulfonamides is 1. The SMILES string of the molecule is Cc1ccc(N(CC(=O)N(Cc2ccccc2F)[C@@H](Cc2ccccc2)C(=O)NC2CCCC2)S(=O)(=O)c2ccc(Cl)cc2)cc1C. The van der Waals surface area contributed by atoms with Crippen LogP contribution in [0.1, 0.15) is 47.9 Å². The summed E-state index contributed by atoms with van der Waals surface area (Å²) in [5.74, 6) is -1.53. The highest BCUT2D eigenvalue weighted by Gasteiger charge is 2.36. The summed E-state index contributed by atoms with van der Waals surface area (Å²) in [5.41, 5.74) is 3.11. The van der Waals surface area contributed by atoms with E-state index in [0.29, 0.717) is 5.02 Å². The molecule has 1 saturated carbocycles. The van der Waals surface area contributed by atoms with Gasteiger partial charge >= 0.3 is 0 Å². The van der Waals surface area contributed by atoms with Crippen molar-refractivity contribution in [3.8, 4) is 0 Å². The molecule has 0 spiro atoms. The molecule has 1 atom stereocenters. The summed E-state index contributed by atoms with van der Waals surface area (Å²) in [6, 6.07) is 25.2. The van der Waals surface area contributed by atoms with Gasteiger partial charge in [-0.15, -0.1) is 0 Å². The Balaban J connectivity index is 1.58. The van der Waals surface area contributed by atoms with Gasteiger partial charge in [-0.05, 0) is 85.8 Å². The molecule has 1 N–H and O–H groups in total. The van der Waals surface area contributed by atoms with E-state index in [0.717, 1.165) is 46.7 Å². The maximum absolute atomic E-state index is 15.1. The maximum Gasteiger partial charge on any atom is 0.264 e. The van der Waals surface area contributed by atoms with E-state index in [1.54, 1.807) is 36.4 Å². The highest BCUT2D eigenvalue weighted by molar-refractivity contribution is 7.92. The number of amides is 2. The van der Waals surface area contributed by atoms with Crippen molar-refractivity contribution in [1.29, 1.82) is 0 Å². The minimum Gasteiger partial charge on any atom is -0.352 e. The van der Waals surface area contributed by atoms with Gasteiger partial charge < -0.3 is 10.2 Å². The van der Waals surface area contributed by atoms with Crippen molar-refractivity contribution in [2.75, 3.05) is 10.8 Å². The van der Waals surface area contributed by atoms with Crippen molar-refractivity contribution in [1.82, 2.24) is 10.2 Å². The molecule has 1 aliphatic carbocycles. The molecule has 2 amide bonds. The Morgan fingerprint density at radius 2 is 1.55 bits per heavy atom. The van der Waals surface area contributed by atoms with Crippen molar-refractivity contribution in [2.45, 2.75) is 69.5 Å². The van der Waals surface area contributed by atoms with Crippen LogP contribution in [0.15, 0.2) is 102 Å². The van der Waals surface area contributed by atoms with Crippen molar-refractivity contribution in [2.24, 2.45) is 0 Å². The molecular weight excluding hydrogens is 637 g/mol. The molecule has 1 fully saturated rings. The molecule has 4 aromatic rings. The van der Waals surface area contributed by atoms with Gasteiger partial charge in [0.05, 0.1) is 10.6 Å². The predicted octanol–water partition coefficient (Wildman–Crippen LogP) is 6.99. The standard InChI is InChI=1S/C37H39ClFN3O4S/c1-26-16-19-32(22-27(26)2)42(47(45,46)33-20-17-30(38)18-21-33)25-36(43)41(24-29-12-6-9-15-34(29)39)35(23-28-10-4-3-5-11-28)37(44)40-31-13-7-8-14-31/h3-6,9-12,15-22,31,35H,7-8,13-14,23-25H2,1-2H3,(H,40,44)/t35-/m0/s1. The number of aryl methyl sites for hydroxylation is 2. The Morgan fingerprint density at radius 3 is 2.21 bits per heavy atom. The molecule has 0 aromatic heterocycles. The van der Waals surface area contributed by atoms with E-state index in [9.17, 15) is 18.0 Å². The van der Waals surface area contributed by atoms with Crippen LogP contribution in [0.4, 0.5) is 10.1 Å². The number of carbonyl (C=O) groups is 2. The molecule has 0 saturated heterocycles. The lowest BCUT2D eigenvalue weighted by Gasteiger charge is -2.34. The van der Waals surface area contributed by atoms with E-state index in [-0.39, 0.29) is 41.1 Å². The van der Waals surface area contributed by atoms with Crippen LogP contribution < -0.4 is 9.62 Å². The maximum atomic E-state index is 15.1. The number of nitrogens with zero attached hydrogens (tertiary/aromatic N) is 2. The van der Waals surface area contributed by atoms with Gasteiger partial charge in [-0.3, -0.25) is 13.9 Å². The molecule has 0 heterocycles. The monoisotopic (exact) mass is 675 g/mol. The van der Waals surface area contributed by atoms with E-state index in [1.807, 2.05) is 44.2 Å². The first-order chi connectivity index (χ1) is 22.5. The van der Waals surface area contributed by atoms with Crippen LogP contribution in [0, 0.1) is 19.7 Å². The fourth-order valence-electron chi connectivity index (χ4n) is 5.87. The average molecular weight is 676 g/mol. The molecule has 0 radical (unpaired) electrons. The molecule has 246 valence electrons. The number of anilines is 1. The number of halogens is 2. The molecule has 7 nitrogen and oxygen atoms in total. The zero-order valence-electron chi connectivity index (χ0n) is 26.5. The van der Waals surface area contributed by atoms with E-state index < -0.39 is 34.3 Å². The highest BCUT2D eigenvalue weighted by atomic mass is 35.5. The van der Waals surface area contributed by atoms with Gasteiger partial charge in [-0.1, -0.05) is 79.0 Å². The topological polar surface area (TPSA) is 86.8 Å². The third kappa shape index (κ3) is 8.39. The molecule has 47 heavy (non-hydrogen) atoms. The molecule has 0 unspecified atom stereocenters. The minimum absolute atomic E-state index is 0.0245. The van der Waals surface area contributed by atoms with Gasteiger partial charge in [0.2, 0.25) is 11.8 Å². The van der Waals surface area contributed by atoms with Gasteiger partial charge in [-0.25, -0.2) is 12.8 Å². The van der Waals surface area contributed by atoms with Crippen LogP contribution in [0.2, 0.25) is 5.02 Å². The third-order valence-corrected chi connectivity index (χ3v) is 10.8. The second kappa shape index (κ2) is 15.1. The first-order valence-corrected chi connectivity index (χ1v) is 17.6. The zero-order valence-corrected chi connectivity index (χ0v) is 28.1. The second-order valence-electron chi connectivity index (χ2n) is 12.0. The summed E-state index contributed by atoms with van der Waals surface area (Å²) in [6.07, 6.45) is 3.84. The summed E-state index contributed by atoms with van der Waals surface area (Å²) in [6.45, 7) is 2.92. The first-order valence-electron chi connectivity index (χ1n) is 15.8. The summed E-state index contributed by atoms with van der Waals surface area (Å²) in [5, 5.41) is 3.49. The van der Waals surface area contributed by atoms with Crippen molar-refractivity contribution in [3.05, 3.63) is 130 Å². The first kappa shape index (κ1) is 34.1.